The van der Waals surface area contributed by atoms with Crippen LogP contribution in [0.1, 0.15) is 59.3 Å². The molecule has 1 saturated heterocycles. The van der Waals surface area contributed by atoms with Gasteiger partial charge in [0.2, 0.25) is 0 Å². The van der Waals surface area contributed by atoms with Crippen LogP contribution >= 0.6 is 0 Å². The summed E-state index contributed by atoms with van der Waals surface area (Å²) in [6, 6.07) is 0.438. The van der Waals surface area contributed by atoms with Crippen LogP contribution in [0.15, 0.2) is 0 Å². The van der Waals surface area contributed by atoms with E-state index in [4.69, 9.17) is 0 Å². The Kier molecular flexibility index (Phi) is 4.14. The molecule has 17 heavy (non-hydrogen) atoms. The van der Waals surface area contributed by atoms with Gasteiger partial charge in [0.05, 0.1) is 6.10 Å². The highest BCUT2D eigenvalue weighted by atomic mass is 16.3. The van der Waals surface area contributed by atoms with Gasteiger partial charge >= 0.3 is 0 Å². The second-order valence-electron chi connectivity index (χ2n) is 7.11. The molecule has 1 aliphatic heterocycles. The average Bonchev–Trinajstić information content (AvgIpc) is 2.29. The SMILES string of the molecule is CC(C)(C)C1CCC(O)C(N2CCCCC2)C1. The molecule has 0 aromatic rings. The van der Waals surface area contributed by atoms with Gasteiger partial charge in [-0.05, 0) is 56.5 Å². The van der Waals surface area contributed by atoms with E-state index in [1.54, 1.807) is 0 Å². The lowest BCUT2D eigenvalue weighted by atomic mass is 9.70. The van der Waals surface area contributed by atoms with Crippen LogP contribution in [0.4, 0.5) is 0 Å². The summed E-state index contributed by atoms with van der Waals surface area (Å²) in [5, 5.41) is 10.3. The molecule has 100 valence electrons. The molecule has 2 aliphatic rings. The molecule has 1 saturated carbocycles. The number of aliphatic hydroxyl groups excluding tert-OH is 1. The first-order valence-corrected chi connectivity index (χ1v) is 7.40. The van der Waals surface area contributed by atoms with Crippen LogP contribution in [0.5, 0.6) is 0 Å². The molecule has 2 heteroatoms. The molecular weight excluding hydrogens is 210 g/mol. The van der Waals surface area contributed by atoms with E-state index in [-0.39, 0.29) is 6.10 Å². The zero-order valence-corrected chi connectivity index (χ0v) is 11.8. The van der Waals surface area contributed by atoms with Gasteiger partial charge in [-0.2, -0.15) is 0 Å². The Morgan fingerprint density at radius 1 is 1.00 bits per heavy atom. The van der Waals surface area contributed by atoms with Crippen molar-refractivity contribution < 1.29 is 5.11 Å². The second-order valence-corrected chi connectivity index (χ2v) is 7.11. The van der Waals surface area contributed by atoms with Crippen molar-refractivity contribution in [2.45, 2.75) is 71.4 Å². The molecule has 3 unspecified atom stereocenters. The fourth-order valence-corrected chi connectivity index (χ4v) is 3.56. The predicted octanol–water partition coefficient (Wildman–Crippen LogP) is 3.05. The fraction of sp³-hybridized carbons (Fsp3) is 1.00. The Morgan fingerprint density at radius 3 is 2.24 bits per heavy atom. The summed E-state index contributed by atoms with van der Waals surface area (Å²) in [7, 11) is 0. The van der Waals surface area contributed by atoms with Crippen molar-refractivity contribution in [2.75, 3.05) is 13.1 Å². The van der Waals surface area contributed by atoms with Gasteiger partial charge < -0.3 is 5.11 Å². The van der Waals surface area contributed by atoms with Crippen molar-refractivity contribution in [3.63, 3.8) is 0 Å². The molecule has 0 aromatic carbocycles. The van der Waals surface area contributed by atoms with E-state index >= 15 is 0 Å². The molecule has 0 radical (unpaired) electrons. The highest BCUT2D eigenvalue weighted by Gasteiger charge is 2.37. The number of aliphatic hydroxyl groups is 1. The zero-order chi connectivity index (χ0) is 12.5. The number of rotatable bonds is 1. The molecule has 0 spiro atoms. The minimum absolute atomic E-state index is 0.0771. The fourth-order valence-electron chi connectivity index (χ4n) is 3.56. The maximum atomic E-state index is 10.3. The molecule has 0 bridgehead atoms. The number of nitrogens with zero attached hydrogens (tertiary/aromatic N) is 1. The van der Waals surface area contributed by atoms with Crippen molar-refractivity contribution in [1.29, 1.82) is 0 Å². The van der Waals surface area contributed by atoms with Gasteiger partial charge in [0.15, 0.2) is 0 Å². The van der Waals surface area contributed by atoms with Gasteiger partial charge in [-0.3, -0.25) is 4.90 Å². The number of piperidine rings is 1. The lowest BCUT2D eigenvalue weighted by molar-refractivity contribution is -0.0231. The topological polar surface area (TPSA) is 23.5 Å². The Labute approximate surface area is 106 Å². The summed E-state index contributed by atoms with van der Waals surface area (Å²) in [6.45, 7) is 9.46. The lowest BCUT2D eigenvalue weighted by Gasteiger charge is -2.45. The number of hydrogen-bond donors (Lipinski definition) is 1. The van der Waals surface area contributed by atoms with Gasteiger partial charge in [0.1, 0.15) is 0 Å². The summed E-state index contributed by atoms with van der Waals surface area (Å²) in [4.78, 5) is 2.56. The Hall–Kier alpha value is -0.0800. The van der Waals surface area contributed by atoms with E-state index < -0.39 is 0 Å². The third-order valence-corrected chi connectivity index (χ3v) is 4.87. The van der Waals surface area contributed by atoms with Crippen molar-refractivity contribution in [3.05, 3.63) is 0 Å². The van der Waals surface area contributed by atoms with Crippen LogP contribution in [0.3, 0.4) is 0 Å². The van der Waals surface area contributed by atoms with Crippen LogP contribution in [-0.2, 0) is 0 Å². The molecule has 1 heterocycles. The molecule has 3 atom stereocenters. The molecular formula is C15H29NO. The first-order valence-electron chi connectivity index (χ1n) is 7.40. The first kappa shape index (κ1) is 13.4. The van der Waals surface area contributed by atoms with Crippen molar-refractivity contribution in [2.24, 2.45) is 11.3 Å². The third-order valence-electron chi connectivity index (χ3n) is 4.87. The Balaban J connectivity index is 1.99. The maximum absolute atomic E-state index is 10.3. The molecule has 1 N–H and O–H groups in total. The van der Waals surface area contributed by atoms with Gasteiger partial charge in [0, 0.05) is 6.04 Å². The highest BCUT2D eigenvalue weighted by Crippen LogP contribution is 2.39. The van der Waals surface area contributed by atoms with E-state index in [2.05, 4.69) is 25.7 Å². The van der Waals surface area contributed by atoms with Crippen LogP contribution < -0.4 is 0 Å². The monoisotopic (exact) mass is 239 g/mol. The molecule has 1 aliphatic carbocycles. The van der Waals surface area contributed by atoms with Gasteiger partial charge in [-0.25, -0.2) is 0 Å². The van der Waals surface area contributed by atoms with E-state index in [1.807, 2.05) is 0 Å². The van der Waals surface area contributed by atoms with E-state index in [0.717, 1.165) is 12.3 Å². The van der Waals surface area contributed by atoms with Crippen LogP contribution in [0, 0.1) is 11.3 Å². The quantitative estimate of drug-likeness (QED) is 0.760. The summed E-state index contributed by atoms with van der Waals surface area (Å²) >= 11 is 0. The summed E-state index contributed by atoms with van der Waals surface area (Å²) in [5.74, 6) is 0.776. The summed E-state index contributed by atoms with van der Waals surface area (Å²) in [5.41, 5.74) is 0.397. The zero-order valence-electron chi connectivity index (χ0n) is 11.8. The number of likely N-dealkylation sites (tertiary alicyclic amines) is 1. The van der Waals surface area contributed by atoms with Crippen LogP contribution in [-0.4, -0.2) is 35.2 Å². The molecule has 2 rings (SSSR count). The first-order chi connectivity index (χ1) is 7.98. The maximum Gasteiger partial charge on any atom is 0.0695 e. The normalized spacial score (nSPS) is 37.1. The Bertz CT molecular complexity index is 240. The Morgan fingerprint density at radius 2 is 1.65 bits per heavy atom. The minimum Gasteiger partial charge on any atom is -0.391 e. The van der Waals surface area contributed by atoms with Gasteiger partial charge in [-0.15, -0.1) is 0 Å². The minimum atomic E-state index is -0.0771. The van der Waals surface area contributed by atoms with E-state index in [0.29, 0.717) is 11.5 Å². The van der Waals surface area contributed by atoms with Crippen LogP contribution in [0.2, 0.25) is 0 Å². The molecule has 0 aromatic heterocycles. The molecule has 0 amide bonds. The van der Waals surface area contributed by atoms with E-state index in [1.165, 1.54) is 45.2 Å². The predicted molar refractivity (Wildman–Crippen MR) is 72.0 cm³/mol. The van der Waals surface area contributed by atoms with Crippen LogP contribution in [0.25, 0.3) is 0 Å². The molecule has 2 fully saturated rings. The standard InChI is InChI=1S/C15H29NO/c1-15(2,3)12-7-8-14(17)13(11-12)16-9-5-4-6-10-16/h12-14,17H,4-11H2,1-3H3. The van der Waals surface area contributed by atoms with Crippen molar-refractivity contribution in [3.8, 4) is 0 Å². The smallest absolute Gasteiger partial charge is 0.0695 e. The van der Waals surface area contributed by atoms with Crippen molar-refractivity contribution >= 4 is 0 Å². The average molecular weight is 239 g/mol. The van der Waals surface area contributed by atoms with Gasteiger partial charge in [-0.1, -0.05) is 27.2 Å². The summed E-state index contributed by atoms with van der Waals surface area (Å²) < 4.78 is 0. The van der Waals surface area contributed by atoms with E-state index in [9.17, 15) is 5.11 Å². The van der Waals surface area contributed by atoms with Gasteiger partial charge in [0.25, 0.3) is 0 Å². The summed E-state index contributed by atoms with van der Waals surface area (Å²) in [6.07, 6.45) is 7.35. The highest BCUT2D eigenvalue weighted by molar-refractivity contribution is 4.91. The lowest BCUT2D eigenvalue weighted by Crippen LogP contribution is -2.50. The largest absolute Gasteiger partial charge is 0.391 e. The molecule has 2 nitrogen and oxygen atoms in total. The van der Waals surface area contributed by atoms with Crippen molar-refractivity contribution in [1.82, 2.24) is 4.90 Å². The number of hydrogen-bond acceptors (Lipinski definition) is 2. The second kappa shape index (κ2) is 5.27. The third kappa shape index (κ3) is 3.23.